The van der Waals surface area contributed by atoms with Crippen LogP contribution >= 0.6 is 0 Å². The number of nitrogens with zero attached hydrogens (tertiary/aromatic N) is 2. The van der Waals surface area contributed by atoms with Gasteiger partial charge in [-0.3, -0.25) is 4.79 Å². The lowest BCUT2D eigenvalue weighted by atomic mass is 9.96. The smallest absolute Gasteiger partial charge is 0.247 e. The van der Waals surface area contributed by atoms with Crippen LogP contribution in [0.2, 0.25) is 0 Å². The van der Waals surface area contributed by atoms with Crippen LogP contribution in [0.25, 0.3) is 11.5 Å². The molecule has 0 spiro atoms. The number of anilines is 1. The van der Waals surface area contributed by atoms with E-state index < -0.39 is 0 Å². The molecule has 2 heterocycles. The Morgan fingerprint density at radius 1 is 1.12 bits per heavy atom. The lowest BCUT2D eigenvalue weighted by Crippen LogP contribution is -2.32. The predicted molar refractivity (Wildman–Crippen MR) is 92.2 cm³/mol. The Morgan fingerprint density at radius 2 is 1.92 bits per heavy atom. The predicted octanol–water partition coefficient (Wildman–Crippen LogP) is 3.23. The molecule has 1 aliphatic heterocycles. The number of rotatable bonds is 3. The number of nitrogens with one attached hydrogen (secondary N) is 1. The van der Waals surface area contributed by atoms with Crippen molar-refractivity contribution in [1.82, 2.24) is 10.2 Å². The molecule has 126 valence electrons. The summed E-state index contributed by atoms with van der Waals surface area (Å²) in [6.45, 7) is 2.14. The van der Waals surface area contributed by atoms with Gasteiger partial charge in [-0.05, 0) is 42.3 Å². The number of aryl methyl sites for hydroxylation is 1. The van der Waals surface area contributed by atoms with Crippen LogP contribution in [0.5, 0.6) is 5.75 Å². The molecule has 0 saturated heterocycles. The van der Waals surface area contributed by atoms with E-state index in [-0.39, 0.29) is 11.8 Å². The molecule has 6 nitrogen and oxygen atoms in total. The van der Waals surface area contributed by atoms with Gasteiger partial charge in [0.05, 0.1) is 5.92 Å². The number of aromatic nitrogens is 2. The lowest BCUT2D eigenvalue weighted by Gasteiger charge is -2.24. The SMILES string of the molecule is Cc1nnc(-c2ccc(NC(=O)[C@@H]3COc4ccccc4C3)cc2)o1. The van der Waals surface area contributed by atoms with E-state index in [1.807, 2.05) is 48.5 Å². The molecule has 1 amide bonds. The molecule has 3 aromatic rings. The number of carbonyl (C=O) groups is 1. The molecule has 0 radical (unpaired) electrons. The van der Waals surface area contributed by atoms with Crippen molar-refractivity contribution in [3.63, 3.8) is 0 Å². The monoisotopic (exact) mass is 335 g/mol. The molecule has 25 heavy (non-hydrogen) atoms. The fourth-order valence-corrected chi connectivity index (χ4v) is 2.85. The van der Waals surface area contributed by atoms with Crippen molar-refractivity contribution in [2.45, 2.75) is 13.3 Å². The first-order chi connectivity index (χ1) is 12.2. The Balaban J connectivity index is 1.43. The van der Waals surface area contributed by atoms with Crippen LogP contribution in [-0.2, 0) is 11.2 Å². The highest BCUT2D eigenvalue weighted by Crippen LogP contribution is 2.27. The fraction of sp³-hybridized carbons (Fsp3) is 0.211. The third-order valence-electron chi connectivity index (χ3n) is 4.18. The Morgan fingerprint density at radius 3 is 2.68 bits per heavy atom. The summed E-state index contributed by atoms with van der Waals surface area (Å²) in [6.07, 6.45) is 0.682. The highest BCUT2D eigenvalue weighted by Gasteiger charge is 2.25. The van der Waals surface area contributed by atoms with Crippen LogP contribution in [0.4, 0.5) is 5.69 Å². The third kappa shape index (κ3) is 3.24. The van der Waals surface area contributed by atoms with E-state index in [1.165, 1.54) is 0 Å². The number of hydrogen-bond acceptors (Lipinski definition) is 5. The van der Waals surface area contributed by atoms with E-state index >= 15 is 0 Å². The number of amides is 1. The van der Waals surface area contributed by atoms with E-state index in [4.69, 9.17) is 9.15 Å². The fourth-order valence-electron chi connectivity index (χ4n) is 2.85. The van der Waals surface area contributed by atoms with Crippen LogP contribution in [0.1, 0.15) is 11.5 Å². The van der Waals surface area contributed by atoms with Gasteiger partial charge in [-0.15, -0.1) is 10.2 Å². The Bertz CT molecular complexity index is 902. The van der Waals surface area contributed by atoms with Gasteiger partial charge in [-0.25, -0.2) is 0 Å². The summed E-state index contributed by atoms with van der Waals surface area (Å²) in [5, 5.41) is 10.7. The summed E-state index contributed by atoms with van der Waals surface area (Å²) in [5.74, 6) is 1.60. The van der Waals surface area contributed by atoms with Gasteiger partial charge in [-0.2, -0.15) is 0 Å². The molecular formula is C19H17N3O3. The molecule has 6 heteroatoms. The maximum atomic E-state index is 12.5. The van der Waals surface area contributed by atoms with Gasteiger partial charge in [0.1, 0.15) is 12.4 Å². The second kappa shape index (κ2) is 6.39. The number of benzene rings is 2. The molecule has 1 aliphatic rings. The normalized spacial score (nSPS) is 16.0. The van der Waals surface area contributed by atoms with Crippen LogP contribution in [-0.4, -0.2) is 22.7 Å². The van der Waals surface area contributed by atoms with E-state index in [1.54, 1.807) is 6.92 Å². The summed E-state index contributed by atoms with van der Waals surface area (Å²) < 4.78 is 11.1. The molecule has 0 fully saturated rings. The average molecular weight is 335 g/mol. The third-order valence-corrected chi connectivity index (χ3v) is 4.18. The zero-order valence-electron chi connectivity index (χ0n) is 13.7. The summed E-state index contributed by atoms with van der Waals surface area (Å²) in [7, 11) is 0. The van der Waals surface area contributed by atoms with Gasteiger partial charge in [0.2, 0.25) is 17.7 Å². The van der Waals surface area contributed by atoms with Crippen LogP contribution < -0.4 is 10.1 Å². The van der Waals surface area contributed by atoms with E-state index in [9.17, 15) is 4.79 Å². The van der Waals surface area contributed by atoms with Gasteiger partial charge in [-0.1, -0.05) is 18.2 Å². The first-order valence-electron chi connectivity index (χ1n) is 8.11. The highest BCUT2D eigenvalue weighted by atomic mass is 16.5. The molecule has 1 N–H and O–H groups in total. The summed E-state index contributed by atoms with van der Waals surface area (Å²) in [4.78, 5) is 12.5. The van der Waals surface area contributed by atoms with Crippen LogP contribution in [0.15, 0.2) is 52.9 Å². The van der Waals surface area contributed by atoms with Crippen molar-refractivity contribution in [2.75, 3.05) is 11.9 Å². The molecule has 4 rings (SSSR count). The van der Waals surface area contributed by atoms with Gasteiger partial charge < -0.3 is 14.5 Å². The number of fused-ring (bicyclic) bond motifs is 1. The lowest BCUT2D eigenvalue weighted by molar-refractivity contribution is -0.121. The quantitative estimate of drug-likeness (QED) is 0.795. The van der Waals surface area contributed by atoms with Gasteiger partial charge >= 0.3 is 0 Å². The summed E-state index contributed by atoms with van der Waals surface area (Å²) in [5.41, 5.74) is 2.60. The largest absolute Gasteiger partial charge is 0.492 e. The highest BCUT2D eigenvalue weighted by molar-refractivity contribution is 5.93. The minimum absolute atomic E-state index is 0.0455. The van der Waals surface area contributed by atoms with Gasteiger partial charge in [0, 0.05) is 18.2 Å². The molecule has 1 atom stereocenters. The molecule has 0 unspecified atom stereocenters. The second-order valence-electron chi connectivity index (χ2n) is 6.01. The zero-order valence-corrected chi connectivity index (χ0v) is 13.7. The van der Waals surface area contributed by atoms with Crippen molar-refractivity contribution in [2.24, 2.45) is 5.92 Å². The topological polar surface area (TPSA) is 77.2 Å². The number of ether oxygens (including phenoxy) is 1. The number of hydrogen-bond donors (Lipinski definition) is 1. The van der Waals surface area contributed by atoms with Crippen LogP contribution in [0.3, 0.4) is 0 Å². The first-order valence-corrected chi connectivity index (χ1v) is 8.11. The number of para-hydroxylation sites is 1. The van der Waals surface area contributed by atoms with Crippen molar-refractivity contribution >= 4 is 11.6 Å². The van der Waals surface area contributed by atoms with Crippen molar-refractivity contribution < 1.29 is 13.9 Å². The average Bonchev–Trinajstić information content (AvgIpc) is 3.08. The summed E-state index contributed by atoms with van der Waals surface area (Å²) >= 11 is 0. The van der Waals surface area contributed by atoms with Crippen molar-refractivity contribution in [3.05, 3.63) is 60.0 Å². The van der Waals surface area contributed by atoms with Crippen LogP contribution in [0, 0.1) is 12.8 Å². The Labute approximate surface area is 144 Å². The molecule has 0 aliphatic carbocycles. The van der Waals surface area contributed by atoms with Gasteiger partial charge in [0.25, 0.3) is 0 Å². The standard InChI is InChI=1S/C19H17N3O3/c1-12-21-22-19(25-12)13-6-8-16(9-7-13)20-18(23)15-10-14-4-2-3-5-17(14)24-11-15/h2-9,15H,10-11H2,1H3,(H,20,23)/t15-/m0/s1. The first kappa shape index (κ1) is 15.4. The minimum atomic E-state index is -0.201. The Hall–Kier alpha value is -3.15. The maximum absolute atomic E-state index is 12.5. The van der Waals surface area contributed by atoms with E-state index in [0.717, 1.165) is 22.6 Å². The van der Waals surface area contributed by atoms with Crippen molar-refractivity contribution in [3.8, 4) is 17.2 Å². The minimum Gasteiger partial charge on any atom is -0.492 e. The number of carbonyl (C=O) groups excluding carboxylic acids is 1. The van der Waals surface area contributed by atoms with Gasteiger partial charge in [0.15, 0.2) is 0 Å². The molecule has 2 aromatic carbocycles. The van der Waals surface area contributed by atoms with E-state index in [0.29, 0.717) is 24.8 Å². The van der Waals surface area contributed by atoms with Crippen molar-refractivity contribution in [1.29, 1.82) is 0 Å². The Kier molecular flexibility index (Phi) is 3.93. The molecule has 1 aromatic heterocycles. The molecule has 0 saturated carbocycles. The zero-order chi connectivity index (χ0) is 17.2. The molecule has 0 bridgehead atoms. The summed E-state index contributed by atoms with van der Waals surface area (Å²) in [6, 6.07) is 15.2. The molecular weight excluding hydrogens is 318 g/mol. The van der Waals surface area contributed by atoms with E-state index in [2.05, 4.69) is 15.5 Å². The second-order valence-corrected chi connectivity index (χ2v) is 6.01. The maximum Gasteiger partial charge on any atom is 0.247 e.